The molecule has 3 heteroatoms. The van der Waals surface area contributed by atoms with Crippen molar-refractivity contribution in [2.24, 2.45) is 0 Å². The van der Waals surface area contributed by atoms with Gasteiger partial charge < -0.3 is 0 Å². The molecule has 0 saturated carbocycles. The second kappa shape index (κ2) is 2.05. The molecule has 0 spiro atoms. The minimum absolute atomic E-state index is 0.983. The third-order valence-electron chi connectivity index (χ3n) is 1.84. The highest BCUT2D eigenvalue weighted by Gasteiger charge is 1.99. The first kappa shape index (κ1) is 6.34. The highest BCUT2D eigenvalue weighted by Crippen LogP contribution is 2.08. The molecule has 2 aromatic heterocycles. The monoisotopic (exact) mass is 147 g/mol. The van der Waals surface area contributed by atoms with Crippen LogP contribution in [0, 0.1) is 13.8 Å². The fourth-order valence-corrected chi connectivity index (χ4v) is 1.17. The summed E-state index contributed by atoms with van der Waals surface area (Å²) < 4.78 is 1.98. The molecule has 3 nitrogen and oxygen atoms in total. The number of nitrogens with zero attached hydrogens (tertiary/aromatic N) is 3. The summed E-state index contributed by atoms with van der Waals surface area (Å²) in [7, 11) is 0. The summed E-state index contributed by atoms with van der Waals surface area (Å²) >= 11 is 0. The molecule has 2 rings (SSSR count). The van der Waals surface area contributed by atoms with E-state index in [1.807, 2.05) is 30.6 Å². The van der Waals surface area contributed by atoms with Crippen molar-refractivity contribution in [1.82, 2.24) is 14.4 Å². The average Bonchev–Trinajstić information content (AvgIpc) is 2.35. The van der Waals surface area contributed by atoms with Gasteiger partial charge in [-0.1, -0.05) is 0 Å². The Bertz CT molecular complexity index is 389. The summed E-state index contributed by atoms with van der Waals surface area (Å²) in [5.74, 6) is 0.983. The Kier molecular flexibility index (Phi) is 1.18. The van der Waals surface area contributed by atoms with Crippen LogP contribution in [0.1, 0.15) is 11.4 Å². The molecule has 0 saturated heterocycles. The molecule has 0 bridgehead atoms. The van der Waals surface area contributed by atoms with E-state index in [0.717, 1.165) is 16.9 Å². The lowest BCUT2D eigenvalue weighted by molar-refractivity contribution is 0.991. The van der Waals surface area contributed by atoms with Crippen LogP contribution < -0.4 is 0 Å². The minimum atomic E-state index is 0.983. The molecule has 0 aromatic carbocycles. The predicted octanol–water partition coefficient (Wildman–Crippen LogP) is 1.35. The molecule has 2 heterocycles. The number of aromatic nitrogens is 3. The molecule has 0 aliphatic heterocycles. The molecule has 0 aliphatic carbocycles. The van der Waals surface area contributed by atoms with E-state index in [1.165, 1.54) is 0 Å². The molecule has 0 atom stereocenters. The SMILES string of the molecule is Cc1cncn2c(C)ncc12. The molecule has 0 N–H and O–H groups in total. The van der Waals surface area contributed by atoms with Crippen LogP contribution in [0.3, 0.4) is 0 Å². The van der Waals surface area contributed by atoms with Crippen molar-refractivity contribution in [3.63, 3.8) is 0 Å². The van der Waals surface area contributed by atoms with Crippen molar-refractivity contribution in [3.8, 4) is 0 Å². The Morgan fingerprint density at radius 1 is 1.27 bits per heavy atom. The second-order valence-corrected chi connectivity index (χ2v) is 2.64. The first-order valence-electron chi connectivity index (χ1n) is 3.53. The summed E-state index contributed by atoms with van der Waals surface area (Å²) in [6, 6.07) is 0. The van der Waals surface area contributed by atoms with Crippen molar-refractivity contribution in [2.45, 2.75) is 13.8 Å². The Hall–Kier alpha value is -1.38. The van der Waals surface area contributed by atoms with Gasteiger partial charge in [0.1, 0.15) is 12.2 Å². The van der Waals surface area contributed by atoms with Gasteiger partial charge in [-0.2, -0.15) is 0 Å². The van der Waals surface area contributed by atoms with Crippen molar-refractivity contribution < 1.29 is 0 Å². The fourth-order valence-electron chi connectivity index (χ4n) is 1.17. The predicted molar refractivity (Wildman–Crippen MR) is 42.5 cm³/mol. The topological polar surface area (TPSA) is 30.2 Å². The molecule has 0 unspecified atom stereocenters. The van der Waals surface area contributed by atoms with Crippen LogP contribution in [0.4, 0.5) is 0 Å². The van der Waals surface area contributed by atoms with Gasteiger partial charge in [-0.05, 0) is 19.4 Å². The molecule has 0 fully saturated rings. The lowest BCUT2D eigenvalue weighted by Crippen LogP contribution is -1.90. The number of hydrogen-bond acceptors (Lipinski definition) is 2. The Labute approximate surface area is 64.7 Å². The van der Waals surface area contributed by atoms with Gasteiger partial charge >= 0.3 is 0 Å². The third-order valence-corrected chi connectivity index (χ3v) is 1.84. The summed E-state index contributed by atoms with van der Waals surface area (Å²) in [4.78, 5) is 8.25. The van der Waals surface area contributed by atoms with E-state index in [9.17, 15) is 0 Å². The molecular weight excluding hydrogens is 138 g/mol. The zero-order valence-electron chi connectivity index (χ0n) is 6.57. The molecule has 0 amide bonds. The van der Waals surface area contributed by atoms with Crippen molar-refractivity contribution >= 4 is 5.52 Å². The standard InChI is InChI=1S/C8H9N3/c1-6-3-9-5-11-7(2)10-4-8(6)11/h3-5H,1-2H3. The number of hydrogen-bond donors (Lipinski definition) is 0. The molecule has 0 radical (unpaired) electrons. The summed E-state index contributed by atoms with van der Waals surface area (Å²) in [6.07, 6.45) is 5.49. The number of rotatable bonds is 0. The first-order valence-corrected chi connectivity index (χ1v) is 3.53. The van der Waals surface area contributed by atoms with Gasteiger partial charge in [0.15, 0.2) is 0 Å². The highest BCUT2D eigenvalue weighted by molar-refractivity contribution is 5.51. The van der Waals surface area contributed by atoms with Crippen LogP contribution in [0.15, 0.2) is 18.7 Å². The molecule has 11 heavy (non-hydrogen) atoms. The van der Waals surface area contributed by atoms with Gasteiger partial charge in [-0.15, -0.1) is 0 Å². The Balaban J connectivity index is 2.94. The van der Waals surface area contributed by atoms with E-state index in [0.29, 0.717) is 0 Å². The van der Waals surface area contributed by atoms with Gasteiger partial charge in [0.25, 0.3) is 0 Å². The average molecular weight is 147 g/mol. The largest absolute Gasteiger partial charge is 0.287 e. The van der Waals surface area contributed by atoms with Gasteiger partial charge in [0, 0.05) is 6.20 Å². The maximum Gasteiger partial charge on any atom is 0.111 e. The number of imidazole rings is 1. The van der Waals surface area contributed by atoms with E-state index in [2.05, 4.69) is 9.97 Å². The molecule has 0 aliphatic rings. The molecule has 56 valence electrons. The minimum Gasteiger partial charge on any atom is -0.287 e. The Morgan fingerprint density at radius 3 is 2.82 bits per heavy atom. The van der Waals surface area contributed by atoms with Crippen molar-refractivity contribution in [3.05, 3.63) is 30.1 Å². The quantitative estimate of drug-likeness (QED) is 0.563. The highest BCUT2D eigenvalue weighted by atomic mass is 15.0. The zero-order valence-corrected chi connectivity index (χ0v) is 6.57. The lowest BCUT2D eigenvalue weighted by atomic mass is 10.3. The third kappa shape index (κ3) is 0.808. The maximum absolute atomic E-state index is 4.18. The van der Waals surface area contributed by atoms with Crippen LogP contribution in [0.2, 0.25) is 0 Å². The van der Waals surface area contributed by atoms with Crippen LogP contribution in [-0.2, 0) is 0 Å². The van der Waals surface area contributed by atoms with Gasteiger partial charge in [0.05, 0.1) is 11.7 Å². The van der Waals surface area contributed by atoms with E-state index in [4.69, 9.17) is 0 Å². The number of fused-ring (bicyclic) bond motifs is 1. The summed E-state index contributed by atoms with van der Waals surface area (Å²) in [5.41, 5.74) is 2.30. The lowest BCUT2D eigenvalue weighted by Gasteiger charge is -1.96. The van der Waals surface area contributed by atoms with E-state index >= 15 is 0 Å². The first-order chi connectivity index (χ1) is 5.29. The van der Waals surface area contributed by atoms with Crippen molar-refractivity contribution in [1.29, 1.82) is 0 Å². The summed E-state index contributed by atoms with van der Waals surface area (Å²) in [5, 5.41) is 0. The van der Waals surface area contributed by atoms with E-state index < -0.39 is 0 Å². The zero-order chi connectivity index (χ0) is 7.84. The number of aryl methyl sites for hydroxylation is 2. The van der Waals surface area contributed by atoms with Gasteiger partial charge in [-0.3, -0.25) is 4.40 Å². The van der Waals surface area contributed by atoms with Crippen molar-refractivity contribution in [2.75, 3.05) is 0 Å². The van der Waals surface area contributed by atoms with E-state index in [-0.39, 0.29) is 0 Å². The summed E-state index contributed by atoms with van der Waals surface area (Å²) in [6.45, 7) is 4.00. The van der Waals surface area contributed by atoms with Crippen LogP contribution >= 0.6 is 0 Å². The maximum atomic E-state index is 4.18. The smallest absolute Gasteiger partial charge is 0.111 e. The normalized spacial score (nSPS) is 10.7. The van der Waals surface area contributed by atoms with Crippen LogP contribution in [-0.4, -0.2) is 14.4 Å². The Morgan fingerprint density at radius 2 is 2.09 bits per heavy atom. The molecular formula is C8H9N3. The van der Waals surface area contributed by atoms with Crippen LogP contribution in [0.5, 0.6) is 0 Å². The molecule has 2 aromatic rings. The van der Waals surface area contributed by atoms with Crippen LogP contribution in [0.25, 0.3) is 5.52 Å². The van der Waals surface area contributed by atoms with Gasteiger partial charge in [0.2, 0.25) is 0 Å². The second-order valence-electron chi connectivity index (χ2n) is 2.64. The van der Waals surface area contributed by atoms with Gasteiger partial charge in [-0.25, -0.2) is 9.97 Å². The fraction of sp³-hybridized carbons (Fsp3) is 0.250. The van der Waals surface area contributed by atoms with E-state index in [1.54, 1.807) is 6.33 Å².